The summed E-state index contributed by atoms with van der Waals surface area (Å²) in [5.74, 6) is 1.84. The van der Waals surface area contributed by atoms with Crippen molar-refractivity contribution in [1.29, 1.82) is 0 Å². The highest BCUT2D eigenvalue weighted by atomic mass is 32.1. The van der Waals surface area contributed by atoms with Crippen LogP contribution in [0.25, 0.3) is 104 Å². The summed E-state index contributed by atoms with van der Waals surface area (Å²) in [5, 5.41) is 4.87. The monoisotopic (exact) mass is 732 g/mol. The Hall–Kier alpha value is -7.21. The average molecular weight is 733 g/mol. The Kier molecular flexibility index (Phi) is 7.64. The van der Waals surface area contributed by atoms with E-state index < -0.39 is 0 Å². The number of aromatic nitrogens is 4. The van der Waals surface area contributed by atoms with E-state index in [0.717, 1.165) is 38.5 Å². The molecular formula is C51H32N4S. The largest absolute Gasteiger partial charge is 0.278 e. The van der Waals surface area contributed by atoms with E-state index in [4.69, 9.17) is 15.0 Å². The van der Waals surface area contributed by atoms with Crippen LogP contribution in [0.1, 0.15) is 0 Å². The van der Waals surface area contributed by atoms with E-state index in [9.17, 15) is 0 Å². The van der Waals surface area contributed by atoms with Gasteiger partial charge >= 0.3 is 0 Å². The highest BCUT2D eigenvalue weighted by Crippen LogP contribution is 2.42. The summed E-state index contributed by atoms with van der Waals surface area (Å²) in [6.07, 6.45) is 0. The molecule has 3 heterocycles. The third-order valence-corrected chi connectivity index (χ3v) is 11.9. The van der Waals surface area contributed by atoms with Crippen LogP contribution < -0.4 is 0 Å². The van der Waals surface area contributed by atoms with Crippen molar-refractivity contribution in [2.24, 2.45) is 0 Å². The lowest BCUT2D eigenvalue weighted by atomic mass is 9.99. The van der Waals surface area contributed by atoms with Gasteiger partial charge in [0, 0.05) is 42.1 Å². The summed E-state index contributed by atoms with van der Waals surface area (Å²) in [7, 11) is 0. The number of rotatable bonds is 6. The molecule has 0 aliphatic carbocycles. The average Bonchev–Trinajstić information content (AvgIpc) is 3.82. The van der Waals surface area contributed by atoms with Gasteiger partial charge in [-0.2, -0.15) is 9.97 Å². The zero-order valence-corrected chi connectivity index (χ0v) is 31.0. The second-order valence-electron chi connectivity index (χ2n) is 14.0. The molecule has 0 bridgehead atoms. The summed E-state index contributed by atoms with van der Waals surface area (Å²) in [6, 6.07) is 68.6. The van der Waals surface area contributed by atoms with Gasteiger partial charge in [-0.05, 0) is 63.7 Å². The van der Waals surface area contributed by atoms with Crippen LogP contribution in [0.3, 0.4) is 0 Å². The Morgan fingerprint density at radius 1 is 0.339 bits per heavy atom. The molecule has 0 aliphatic heterocycles. The van der Waals surface area contributed by atoms with Gasteiger partial charge in [0.2, 0.25) is 5.95 Å². The summed E-state index contributed by atoms with van der Waals surface area (Å²) >= 11 is 1.85. The number of hydrogen-bond donors (Lipinski definition) is 0. The summed E-state index contributed by atoms with van der Waals surface area (Å²) in [5.41, 5.74) is 11.2. The van der Waals surface area contributed by atoms with Gasteiger partial charge in [0.25, 0.3) is 0 Å². The molecule has 0 atom stereocenters. The van der Waals surface area contributed by atoms with Gasteiger partial charge in [-0.1, -0.05) is 164 Å². The zero-order chi connectivity index (χ0) is 37.0. The molecule has 56 heavy (non-hydrogen) atoms. The molecule has 0 unspecified atom stereocenters. The van der Waals surface area contributed by atoms with Crippen molar-refractivity contribution >= 4 is 53.3 Å². The molecule has 11 aromatic rings. The molecule has 0 saturated heterocycles. The number of fused-ring (bicyclic) bond motifs is 6. The summed E-state index contributed by atoms with van der Waals surface area (Å²) in [6.45, 7) is 0. The van der Waals surface area contributed by atoms with Gasteiger partial charge in [0.15, 0.2) is 11.6 Å². The van der Waals surface area contributed by atoms with Gasteiger partial charge < -0.3 is 0 Å². The molecule has 11 rings (SSSR count). The molecule has 4 nitrogen and oxygen atoms in total. The maximum Gasteiger partial charge on any atom is 0.238 e. The SMILES string of the molecule is c1ccc(-c2ccc3sc4c(-c5ccc(-c6nc(-c7ccccc7)nc(-n7c8ccccc8c8cc(-c9ccccc9)ccc87)n6)cc5)cccc4c3c2)cc1. The second kappa shape index (κ2) is 13.3. The Labute approximate surface area is 327 Å². The van der Waals surface area contributed by atoms with Crippen LogP contribution in [-0.2, 0) is 0 Å². The van der Waals surface area contributed by atoms with Gasteiger partial charge in [-0.3, -0.25) is 4.57 Å². The summed E-state index contributed by atoms with van der Waals surface area (Å²) in [4.78, 5) is 15.4. The van der Waals surface area contributed by atoms with Crippen molar-refractivity contribution in [3.63, 3.8) is 0 Å². The molecule has 8 aromatic carbocycles. The number of nitrogens with zero attached hydrogens (tertiary/aromatic N) is 4. The molecule has 0 aliphatic rings. The van der Waals surface area contributed by atoms with Crippen LogP contribution in [0.2, 0.25) is 0 Å². The molecule has 0 radical (unpaired) electrons. The number of para-hydroxylation sites is 1. The lowest BCUT2D eigenvalue weighted by Gasteiger charge is -2.11. The number of thiophene rings is 1. The topological polar surface area (TPSA) is 43.6 Å². The van der Waals surface area contributed by atoms with Gasteiger partial charge in [0.05, 0.1) is 11.0 Å². The predicted octanol–water partition coefficient (Wildman–Crippen LogP) is 13.7. The first-order valence-corrected chi connectivity index (χ1v) is 19.6. The lowest BCUT2D eigenvalue weighted by molar-refractivity contribution is 0.953. The van der Waals surface area contributed by atoms with Crippen LogP contribution in [0, 0.1) is 0 Å². The van der Waals surface area contributed by atoms with Crippen molar-refractivity contribution in [2.45, 2.75) is 0 Å². The first-order chi connectivity index (χ1) is 27.7. The third-order valence-electron chi connectivity index (χ3n) is 10.7. The fourth-order valence-electron chi connectivity index (χ4n) is 7.94. The molecule has 3 aromatic heterocycles. The molecular weight excluding hydrogens is 701 g/mol. The van der Waals surface area contributed by atoms with Gasteiger partial charge in [0.1, 0.15) is 0 Å². The normalized spacial score (nSPS) is 11.6. The maximum atomic E-state index is 5.21. The molecule has 0 saturated carbocycles. The molecule has 262 valence electrons. The number of benzene rings is 8. The fraction of sp³-hybridized carbons (Fsp3) is 0. The first-order valence-electron chi connectivity index (χ1n) is 18.8. The predicted molar refractivity (Wildman–Crippen MR) is 234 cm³/mol. The number of hydrogen-bond acceptors (Lipinski definition) is 4. The highest BCUT2D eigenvalue weighted by molar-refractivity contribution is 7.26. The minimum Gasteiger partial charge on any atom is -0.278 e. The van der Waals surface area contributed by atoms with Crippen LogP contribution in [-0.4, -0.2) is 19.5 Å². The molecule has 0 spiro atoms. The Balaban J connectivity index is 1.03. The Morgan fingerprint density at radius 2 is 0.857 bits per heavy atom. The smallest absolute Gasteiger partial charge is 0.238 e. The second-order valence-corrected chi connectivity index (χ2v) is 15.1. The third kappa shape index (κ3) is 5.48. The van der Waals surface area contributed by atoms with Crippen molar-refractivity contribution in [1.82, 2.24) is 19.5 Å². The van der Waals surface area contributed by atoms with Crippen LogP contribution >= 0.6 is 11.3 Å². The van der Waals surface area contributed by atoms with Gasteiger partial charge in [-0.15, -0.1) is 11.3 Å². The minimum absolute atomic E-state index is 0.585. The molecule has 0 N–H and O–H groups in total. The standard InChI is InChI=1S/C51H32N4S/c1-4-13-33(14-5-1)38-27-29-46-43(31-38)41-19-10-11-22-45(41)55(46)51-53-49(36-17-8-3-9-18-36)52-50(54-51)37-25-23-35(24-26-37)40-20-12-21-42-44-32-39(34-15-6-2-7-16-34)28-30-47(44)56-48(40)42/h1-32H. The lowest BCUT2D eigenvalue weighted by Crippen LogP contribution is -2.06. The fourth-order valence-corrected chi connectivity index (χ4v) is 9.16. The molecule has 0 amide bonds. The highest BCUT2D eigenvalue weighted by Gasteiger charge is 2.19. The van der Waals surface area contributed by atoms with E-state index in [1.165, 1.54) is 48.0 Å². The van der Waals surface area contributed by atoms with Crippen LogP contribution in [0.4, 0.5) is 0 Å². The van der Waals surface area contributed by atoms with Crippen LogP contribution in [0.15, 0.2) is 194 Å². The van der Waals surface area contributed by atoms with E-state index in [-0.39, 0.29) is 0 Å². The van der Waals surface area contributed by atoms with Crippen molar-refractivity contribution in [2.75, 3.05) is 0 Å². The van der Waals surface area contributed by atoms with E-state index in [1.807, 2.05) is 29.5 Å². The van der Waals surface area contributed by atoms with Crippen molar-refractivity contribution in [3.8, 4) is 62.1 Å². The summed E-state index contributed by atoms with van der Waals surface area (Å²) < 4.78 is 4.75. The first kappa shape index (κ1) is 32.2. The van der Waals surface area contributed by atoms with Crippen molar-refractivity contribution < 1.29 is 0 Å². The minimum atomic E-state index is 0.585. The quantitative estimate of drug-likeness (QED) is 0.171. The Morgan fingerprint density at radius 3 is 1.55 bits per heavy atom. The zero-order valence-electron chi connectivity index (χ0n) is 30.2. The van der Waals surface area contributed by atoms with Crippen molar-refractivity contribution in [3.05, 3.63) is 194 Å². The Bertz CT molecular complexity index is 3220. The van der Waals surface area contributed by atoms with E-state index >= 15 is 0 Å². The van der Waals surface area contributed by atoms with E-state index in [2.05, 4.69) is 180 Å². The van der Waals surface area contributed by atoms with Crippen LogP contribution in [0.5, 0.6) is 0 Å². The van der Waals surface area contributed by atoms with E-state index in [0.29, 0.717) is 17.6 Å². The molecule has 0 fully saturated rings. The van der Waals surface area contributed by atoms with Gasteiger partial charge in [-0.25, -0.2) is 4.98 Å². The molecule has 5 heteroatoms. The maximum absolute atomic E-state index is 5.21. The van der Waals surface area contributed by atoms with E-state index in [1.54, 1.807) is 0 Å².